The van der Waals surface area contributed by atoms with E-state index in [1.54, 1.807) is 25.1 Å². The van der Waals surface area contributed by atoms with Crippen LogP contribution in [0.2, 0.25) is 10.0 Å². The number of halogens is 2. The highest BCUT2D eigenvalue weighted by Gasteiger charge is 2.33. The summed E-state index contributed by atoms with van der Waals surface area (Å²) in [6, 6.07) is 7.23. The third kappa shape index (κ3) is 7.74. The summed E-state index contributed by atoms with van der Waals surface area (Å²) in [7, 11) is -2.85. The third-order valence-corrected chi connectivity index (χ3v) is 8.39. The molecule has 0 heterocycles. The van der Waals surface area contributed by atoms with Crippen LogP contribution in [0.5, 0.6) is 5.75 Å². The van der Waals surface area contributed by atoms with E-state index in [1.165, 1.54) is 18.1 Å². The maximum absolute atomic E-state index is 13.7. The number of benzene rings is 2. The van der Waals surface area contributed by atoms with Crippen LogP contribution in [0, 0.1) is 10.1 Å². The molecule has 3 rings (SSSR count). The maximum atomic E-state index is 13.7. The molecule has 39 heavy (non-hydrogen) atoms. The van der Waals surface area contributed by atoms with Crippen LogP contribution in [0.25, 0.3) is 0 Å². The number of carbonyl (C=O) groups excluding carboxylic acids is 2. The molecule has 0 aliphatic heterocycles. The Labute approximate surface area is 237 Å². The zero-order chi connectivity index (χ0) is 28.9. The predicted molar refractivity (Wildman–Crippen MR) is 149 cm³/mol. The van der Waals surface area contributed by atoms with Gasteiger partial charge in [0.25, 0.3) is 5.69 Å². The Morgan fingerprint density at radius 2 is 1.82 bits per heavy atom. The number of sulfonamides is 1. The molecule has 2 amide bonds. The van der Waals surface area contributed by atoms with Crippen molar-refractivity contribution in [2.24, 2.45) is 0 Å². The number of hydrogen-bond acceptors (Lipinski definition) is 7. The van der Waals surface area contributed by atoms with Crippen LogP contribution >= 0.6 is 23.2 Å². The van der Waals surface area contributed by atoms with Crippen molar-refractivity contribution in [3.63, 3.8) is 0 Å². The smallest absolute Gasteiger partial charge is 0.271 e. The second-order valence-electron chi connectivity index (χ2n) is 9.32. The van der Waals surface area contributed by atoms with Crippen molar-refractivity contribution < 1.29 is 27.7 Å². The molecule has 2 aromatic rings. The summed E-state index contributed by atoms with van der Waals surface area (Å²) in [5.74, 6) is -1.08. The summed E-state index contributed by atoms with van der Waals surface area (Å²) in [4.78, 5) is 38.8. The van der Waals surface area contributed by atoms with Gasteiger partial charge in [-0.3, -0.25) is 24.0 Å². The van der Waals surface area contributed by atoms with E-state index in [-0.39, 0.29) is 40.6 Å². The zero-order valence-corrected chi connectivity index (χ0v) is 24.1. The molecule has 0 radical (unpaired) electrons. The number of rotatable bonds is 11. The number of ether oxygens (including phenoxy) is 1. The molecule has 2 aromatic carbocycles. The van der Waals surface area contributed by atoms with E-state index >= 15 is 0 Å². The molecule has 1 atom stereocenters. The third-order valence-electron chi connectivity index (χ3n) is 6.53. The fourth-order valence-corrected chi connectivity index (χ4v) is 5.56. The molecule has 0 spiro atoms. The molecule has 1 fully saturated rings. The largest absolute Gasteiger partial charge is 0.495 e. The van der Waals surface area contributed by atoms with E-state index in [2.05, 4.69) is 5.32 Å². The van der Waals surface area contributed by atoms with Gasteiger partial charge in [-0.05, 0) is 43.5 Å². The van der Waals surface area contributed by atoms with Crippen molar-refractivity contribution in [1.82, 2.24) is 10.2 Å². The molecule has 0 unspecified atom stereocenters. The van der Waals surface area contributed by atoms with Gasteiger partial charge in [0.15, 0.2) is 0 Å². The maximum Gasteiger partial charge on any atom is 0.271 e. The summed E-state index contributed by atoms with van der Waals surface area (Å²) >= 11 is 12.2. The minimum absolute atomic E-state index is 0.00326. The van der Waals surface area contributed by atoms with E-state index in [0.717, 1.165) is 48.4 Å². The minimum Gasteiger partial charge on any atom is -0.495 e. The molecular formula is C25H30Cl2N4O7S. The number of anilines is 1. The van der Waals surface area contributed by atoms with Gasteiger partial charge in [-0.2, -0.15) is 0 Å². The predicted octanol–water partition coefficient (Wildman–Crippen LogP) is 4.15. The topological polar surface area (TPSA) is 139 Å². The lowest BCUT2D eigenvalue weighted by atomic mass is 10.1. The highest BCUT2D eigenvalue weighted by molar-refractivity contribution is 7.92. The number of nitro groups is 1. The molecule has 1 aliphatic rings. The van der Waals surface area contributed by atoms with Crippen LogP contribution < -0.4 is 14.4 Å². The molecule has 212 valence electrons. The number of nitrogens with one attached hydrogen (secondary N) is 1. The Morgan fingerprint density at radius 3 is 2.38 bits per heavy atom. The number of methoxy groups -OCH3 is 1. The van der Waals surface area contributed by atoms with Crippen molar-refractivity contribution in [3.05, 3.63) is 62.1 Å². The Hall–Kier alpha value is -3.09. The fraction of sp³-hybridized carbons (Fsp3) is 0.440. The van der Waals surface area contributed by atoms with E-state index in [9.17, 15) is 28.1 Å². The average molecular weight is 602 g/mol. The Morgan fingerprint density at radius 1 is 1.15 bits per heavy atom. The molecule has 1 aliphatic carbocycles. The Balaban J connectivity index is 1.98. The molecule has 0 saturated heterocycles. The molecule has 0 aromatic heterocycles. The number of carbonyl (C=O) groups is 2. The summed E-state index contributed by atoms with van der Waals surface area (Å²) in [6.45, 7) is 0.746. The summed E-state index contributed by atoms with van der Waals surface area (Å²) in [5.41, 5.74) is 0.000990. The van der Waals surface area contributed by atoms with Crippen LogP contribution in [0.3, 0.4) is 0 Å². The minimum atomic E-state index is -4.13. The molecule has 0 bridgehead atoms. The molecular weight excluding hydrogens is 571 g/mol. The lowest BCUT2D eigenvalue weighted by Gasteiger charge is -2.32. The van der Waals surface area contributed by atoms with Crippen molar-refractivity contribution in [2.75, 3.05) is 24.2 Å². The van der Waals surface area contributed by atoms with Gasteiger partial charge in [0.2, 0.25) is 21.8 Å². The number of hydrogen-bond donors (Lipinski definition) is 1. The first-order valence-corrected chi connectivity index (χ1v) is 14.8. The van der Waals surface area contributed by atoms with Crippen molar-refractivity contribution in [1.29, 1.82) is 0 Å². The van der Waals surface area contributed by atoms with Crippen LogP contribution in [0.4, 0.5) is 11.4 Å². The average Bonchev–Trinajstić information content (AvgIpc) is 3.39. The van der Waals surface area contributed by atoms with Gasteiger partial charge in [0, 0.05) is 24.7 Å². The summed E-state index contributed by atoms with van der Waals surface area (Å²) in [5, 5.41) is 14.9. The Kier molecular flexibility index (Phi) is 10.0. The number of nitro benzene ring substituents is 1. The van der Waals surface area contributed by atoms with Gasteiger partial charge in [0.05, 0.1) is 28.3 Å². The van der Waals surface area contributed by atoms with Gasteiger partial charge in [-0.15, -0.1) is 0 Å². The lowest BCUT2D eigenvalue weighted by Crippen LogP contribution is -2.52. The first-order valence-electron chi connectivity index (χ1n) is 12.2. The first-order chi connectivity index (χ1) is 18.3. The molecule has 11 nitrogen and oxygen atoms in total. The van der Waals surface area contributed by atoms with E-state index < -0.39 is 33.4 Å². The molecule has 14 heteroatoms. The lowest BCUT2D eigenvalue weighted by molar-refractivity contribution is -0.384. The van der Waals surface area contributed by atoms with Crippen LogP contribution in [0.15, 0.2) is 36.4 Å². The first kappa shape index (κ1) is 30.5. The SMILES string of the molecule is COc1ccc([N+](=O)[O-])cc1N(CC(=O)N(Cc1ccc(Cl)c(Cl)c1)[C@@H](C)C(=O)NC1CCCC1)S(C)(=O)=O. The van der Waals surface area contributed by atoms with Crippen LogP contribution in [-0.4, -0.2) is 62.0 Å². The van der Waals surface area contributed by atoms with Crippen molar-refractivity contribution in [3.8, 4) is 5.75 Å². The van der Waals surface area contributed by atoms with Crippen molar-refractivity contribution in [2.45, 2.75) is 51.2 Å². The van der Waals surface area contributed by atoms with Gasteiger partial charge in [0.1, 0.15) is 24.0 Å². The highest BCUT2D eigenvalue weighted by atomic mass is 35.5. The second-order valence-corrected chi connectivity index (χ2v) is 12.0. The monoisotopic (exact) mass is 600 g/mol. The molecule has 1 N–H and O–H groups in total. The van der Waals surface area contributed by atoms with E-state index in [4.69, 9.17) is 27.9 Å². The van der Waals surface area contributed by atoms with Crippen LogP contribution in [-0.2, 0) is 26.2 Å². The summed E-state index contributed by atoms with van der Waals surface area (Å²) < 4.78 is 31.6. The van der Waals surface area contributed by atoms with Gasteiger partial charge in [-0.1, -0.05) is 42.1 Å². The van der Waals surface area contributed by atoms with E-state index in [1.807, 2.05) is 0 Å². The number of amides is 2. The van der Waals surface area contributed by atoms with Gasteiger partial charge >= 0.3 is 0 Å². The quantitative estimate of drug-likeness (QED) is 0.302. The van der Waals surface area contributed by atoms with Crippen molar-refractivity contribution >= 4 is 56.4 Å². The summed E-state index contributed by atoms with van der Waals surface area (Å²) in [6.07, 6.45) is 4.55. The molecule has 1 saturated carbocycles. The number of non-ortho nitro benzene ring substituents is 1. The highest BCUT2D eigenvalue weighted by Crippen LogP contribution is 2.34. The van der Waals surface area contributed by atoms with Gasteiger partial charge in [-0.25, -0.2) is 8.42 Å². The van der Waals surface area contributed by atoms with Gasteiger partial charge < -0.3 is 15.0 Å². The normalized spacial score (nSPS) is 14.5. The fourth-order valence-electron chi connectivity index (χ4n) is 4.39. The Bertz CT molecular complexity index is 1350. The standard InChI is InChI=1S/C25H30Cl2N4O7S/c1-16(25(33)28-18-6-4-5-7-18)29(14-17-8-10-20(26)21(27)12-17)24(32)15-30(39(3,36)37)22-13-19(31(34)35)9-11-23(22)38-2/h8-13,16,18H,4-7,14-15H2,1-3H3,(H,28,33)/t16-/m0/s1. The van der Waals surface area contributed by atoms with Crippen LogP contribution in [0.1, 0.15) is 38.2 Å². The second kappa shape index (κ2) is 12.8. The zero-order valence-electron chi connectivity index (χ0n) is 21.7. The van der Waals surface area contributed by atoms with E-state index in [0.29, 0.717) is 10.6 Å². The number of nitrogens with zero attached hydrogens (tertiary/aromatic N) is 3.